The summed E-state index contributed by atoms with van der Waals surface area (Å²) in [5, 5.41) is 20.2. The summed E-state index contributed by atoms with van der Waals surface area (Å²) in [4.78, 5) is 2.09. The average molecular weight is 380 g/mol. The van der Waals surface area contributed by atoms with Crippen LogP contribution in [0.4, 0.5) is 0 Å². The van der Waals surface area contributed by atoms with Crippen LogP contribution in [0.1, 0.15) is 11.1 Å². The van der Waals surface area contributed by atoms with Gasteiger partial charge in [0.25, 0.3) is 0 Å². The molecule has 130 valence electrons. The summed E-state index contributed by atoms with van der Waals surface area (Å²) in [6, 6.07) is 21.3. The van der Waals surface area contributed by atoms with Crippen molar-refractivity contribution in [3.8, 4) is 12.1 Å². The molecule has 0 aromatic heterocycles. The summed E-state index contributed by atoms with van der Waals surface area (Å²) < 4.78 is 0. The first kappa shape index (κ1) is 19.7. The van der Waals surface area contributed by atoms with E-state index in [-0.39, 0.29) is 5.57 Å². The third kappa shape index (κ3) is 4.92. The van der Waals surface area contributed by atoms with Crippen LogP contribution in [0.15, 0.2) is 71.3 Å². The Morgan fingerprint density at radius 3 is 2.27 bits per heavy atom. The number of thioether (sulfide) groups is 1. The predicted octanol–water partition coefficient (Wildman–Crippen LogP) is 5.48. The number of hydrogen-bond donors (Lipinski definition) is 0. The first-order valence-corrected chi connectivity index (χ1v) is 9.51. The van der Waals surface area contributed by atoms with E-state index >= 15 is 0 Å². The lowest BCUT2D eigenvalue weighted by atomic mass is 10.0. The summed E-state index contributed by atoms with van der Waals surface area (Å²) in [6.07, 6.45) is 3.83. The number of allylic oxidation sites excluding steroid dienone is 3. The Morgan fingerprint density at radius 2 is 1.69 bits per heavy atom. The number of rotatable bonds is 6. The monoisotopic (exact) mass is 379 g/mol. The predicted molar refractivity (Wildman–Crippen MR) is 109 cm³/mol. The Hall–Kier alpha value is -2.66. The molecule has 0 bridgehead atoms. The van der Waals surface area contributed by atoms with Crippen LogP contribution in [0.2, 0.25) is 5.02 Å². The molecule has 0 saturated carbocycles. The summed E-state index contributed by atoms with van der Waals surface area (Å²) in [6.45, 7) is 0.720. The molecule has 5 heteroatoms. The summed E-state index contributed by atoms with van der Waals surface area (Å²) in [7, 11) is 1.98. The second-order valence-electron chi connectivity index (χ2n) is 5.52. The summed E-state index contributed by atoms with van der Waals surface area (Å²) in [5.74, 6) is 0. The first-order valence-electron chi connectivity index (χ1n) is 7.90. The van der Waals surface area contributed by atoms with Gasteiger partial charge in [0.15, 0.2) is 0 Å². The molecule has 0 aliphatic heterocycles. The van der Waals surface area contributed by atoms with Crippen molar-refractivity contribution in [2.24, 2.45) is 0 Å². The number of nitriles is 2. The number of benzene rings is 2. The fourth-order valence-electron chi connectivity index (χ4n) is 2.49. The zero-order valence-corrected chi connectivity index (χ0v) is 16.2. The van der Waals surface area contributed by atoms with Crippen LogP contribution in [-0.4, -0.2) is 18.2 Å². The van der Waals surface area contributed by atoms with Crippen LogP contribution >= 0.6 is 23.4 Å². The molecule has 0 aliphatic carbocycles. The molecule has 0 radical (unpaired) electrons. The Morgan fingerprint density at radius 1 is 1.08 bits per heavy atom. The maximum absolute atomic E-state index is 9.38. The summed E-state index contributed by atoms with van der Waals surface area (Å²) in [5.41, 5.74) is 2.42. The lowest BCUT2D eigenvalue weighted by molar-refractivity contribution is 0.440. The topological polar surface area (TPSA) is 50.8 Å². The molecule has 0 amide bonds. The van der Waals surface area contributed by atoms with Gasteiger partial charge in [-0.05, 0) is 24.0 Å². The second-order valence-corrected chi connectivity index (χ2v) is 6.75. The summed E-state index contributed by atoms with van der Waals surface area (Å²) >= 11 is 7.87. The highest BCUT2D eigenvalue weighted by molar-refractivity contribution is 8.02. The van der Waals surface area contributed by atoms with Gasteiger partial charge in [0, 0.05) is 29.8 Å². The van der Waals surface area contributed by atoms with Gasteiger partial charge in [-0.3, -0.25) is 0 Å². The van der Waals surface area contributed by atoms with Crippen LogP contribution in [-0.2, 0) is 6.54 Å². The van der Waals surface area contributed by atoms with Gasteiger partial charge in [-0.25, -0.2) is 0 Å². The average Bonchev–Trinajstić information content (AvgIpc) is 2.66. The first-order chi connectivity index (χ1) is 12.6. The molecule has 0 saturated heterocycles. The molecular weight excluding hydrogens is 362 g/mol. The van der Waals surface area contributed by atoms with Gasteiger partial charge in [0.2, 0.25) is 0 Å². The highest BCUT2D eigenvalue weighted by atomic mass is 35.5. The zero-order valence-electron chi connectivity index (χ0n) is 14.6. The minimum atomic E-state index is 0.0396. The van der Waals surface area contributed by atoms with Gasteiger partial charge in [-0.1, -0.05) is 60.1 Å². The van der Waals surface area contributed by atoms with E-state index in [2.05, 4.69) is 17.0 Å². The largest absolute Gasteiger partial charge is 0.365 e. The Labute approximate surface area is 163 Å². The molecule has 0 N–H and O–H groups in total. The quantitative estimate of drug-likeness (QED) is 0.492. The van der Waals surface area contributed by atoms with Crippen molar-refractivity contribution >= 4 is 28.9 Å². The van der Waals surface area contributed by atoms with Crippen molar-refractivity contribution < 1.29 is 0 Å². The molecule has 26 heavy (non-hydrogen) atoms. The number of nitrogens with zero attached hydrogens (tertiary/aromatic N) is 3. The number of halogens is 1. The van der Waals surface area contributed by atoms with E-state index in [1.807, 2.05) is 67.9 Å². The van der Waals surface area contributed by atoms with Crippen LogP contribution in [0.25, 0.3) is 5.57 Å². The minimum Gasteiger partial charge on any atom is -0.365 e. The zero-order chi connectivity index (χ0) is 18.9. The lowest BCUT2D eigenvalue weighted by Crippen LogP contribution is -2.15. The lowest BCUT2D eigenvalue weighted by Gasteiger charge is -2.22. The minimum absolute atomic E-state index is 0.0396. The molecular formula is C21H18ClN3S. The van der Waals surface area contributed by atoms with Gasteiger partial charge < -0.3 is 4.90 Å². The molecule has 0 heterocycles. The van der Waals surface area contributed by atoms with E-state index in [9.17, 15) is 10.5 Å². The highest BCUT2D eigenvalue weighted by Crippen LogP contribution is 2.31. The van der Waals surface area contributed by atoms with E-state index in [0.29, 0.717) is 16.2 Å². The van der Waals surface area contributed by atoms with E-state index in [1.165, 1.54) is 5.56 Å². The van der Waals surface area contributed by atoms with Crippen molar-refractivity contribution in [1.82, 2.24) is 4.90 Å². The van der Waals surface area contributed by atoms with Crippen LogP contribution in [0.3, 0.4) is 0 Å². The fraction of sp³-hybridized carbons (Fsp3) is 0.143. The van der Waals surface area contributed by atoms with Crippen LogP contribution in [0, 0.1) is 22.7 Å². The maximum atomic E-state index is 9.38. The molecule has 0 spiro atoms. The smallest absolute Gasteiger partial charge is 0.137 e. The Balaban J connectivity index is 2.47. The van der Waals surface area contributed by atoms with Crippen LogP contribution in [0.5, 0.6) is 0 Å². The molecule has 0 unspecified atom stereocenters. The van der Waals surface area contributed by atoms with E-state index in [4.69, 9.17) is 11.6 Å². The van der Waals surface area contributed by atoms with Gasteiger partial charge in [-0.15, -0.1) is 11.8 Å². The van der Waals surface area contributed by atoms with Crippen molar-refractivity contribution in [2.45, 2.75) is 6.54 Å². The van der Waals surface area contributed by atoms with Gasteiger partial charge in [0.1, 0.15) is 17.7 Å². The standard InChI is InChI=1S/C21H18ClN3S/c1-25(15-16-8-4-3-5-9-16)21(26-2)12-19(17(13-23)14-24)18-10-6-7-11-20(18)22/h3-12H,15H2,1-2H3/b21-12+. The van der Waals surface area contributed by atoms with Crippen molar-refractivity contribution in [1.29, 1.82) is 10.5 Å². The Bertz CT molecular complexity index is 889. The van der Waals surface area contributed by atoms with E-state index in [1.54, 1.807) is 17.8 Å². The molecule has 2 aromatic carbocycles. The molecule has 0 atom stereocenters. The third-order valence-corrected chi connectivity index (χ3v) is 4.95. The molecule has 2 rings (SSSR count). The van der Waals surface area contributed by atoms with E-state index < -0.39 is 0 Å². The number of hydrogen-bond acceptors (Lipinski definition) is 4. The van der Waals surface area contributed by atoms with Crippen molar-refractivity contribution in [3.05, 3.63) is 87.4 Å². The molecule has 2 aromatic rings. The second kappa shape index (κ2) is 9.73. The van der Waals surface area contributed by atoms with Crippen LogP contribution < -0.4 is 0 Å². The van der Waals surface area contributed by atoms with Gasteiger partial charge in [-0.2, -0.15) is 10.5 Å². The SMILES string of the molecule is CS/C(=C/C(=C(C#N)C#N)c1ccccc1Cl)N(C)Cc1ccccc1. The fourth-order valence-corrected chi connectivity index (χ4v) is 3.34. The normalized spacial score (nSPS) is 10.6. The van der Waals surface area contributed by atoms with E-state index in [0.717, 1.165) is 11.6 Å². The maximum Gasteiger partial charge on any atom is 0.137 e. The van der Waals surface area contributed by atoms with Crippen molar-refractivity contribution in [2.75, 3.05) is 13.3 Å². The highest BCUT2D eigenvalue weighted by Gasteiger charge is 2.13. The molecule has 3 nitrogen and oxygen atoms in total. The molecule has 0 fully saturated rings. The molecule has 0 aliphatic rings. The van der Waals surface area contributed by atoms with Crippen molar-refractivity contribution in [3.63, 3.8) is 0 Å². The Kier molecular flexibility index (Phi) is 7.36. The van der Waals surface area contributed by atoms with Gasteiger partial charge in [0.05, 0.1) is 5.03 Å². The van der Waals surface area contributed by atoms with Gasteiger partial charge >= 0.3 is 0 Å². The third-order valence-electron chi connectivity index (χ3n) is 3.77.